The fourth-order valence-corrected chi connectivity index (χ4v) is 3.12. The van der Waals surface area contributed by atoms with E-state index in [-0.39, 0.29) is 6.54 Å². The molecule has 1 heterocycles. The van der Waals surface area contributed by atoms with Gasteiger partial charge in [-0.15, -0.1) is 0 Å². The molecule has 3 N–H and O–H groups in total. The number of para-hydroxylation sites is 2. The Hall–Kier alpha value is -1.88. The molecule has 5 heteroatoms. The summed E-state index contributed by atoms with van der Waals surface area (Å²) in [6, 6.07) is 7.75. The van der Waals surface area contributed by atoms with Crippen LogP contribution in [0.1, 0.15) is 57.2 Å². The van der Waals surface area contributed by atoms with Crippen LogP contribution >= 0.6 is 0 Å². The van der Waals surface area contributed by atoms with Crippen LogP contribution in [0.15, 0.2) is 24.3 Å². The highest BCUT2D eigenvalue weighted by Gasteiger charge is 2.12. The van der Waals surface area contributed by atoms with Crippen LogP contribution in [0, 0.1) is 0 Å². The summed E-state index contributed by atoms with van der Waals surface area (Å²) in [5.41, 5.74) is 7.28. The fourth-order valence-electron chi connectivity index (χ4n) is 3.12. The Bertz CT molecular complexity index is 637. The molecule has 0 fully saturated rings. The second kappa shape index (κ2) is 10.1. The molecule has 1 aromatic carbocycles. The van der Waals surface area contributed by atoms with Crippen molar-refractivity contribution in [1.29, 1.82) is 0 Å². The van der Waals surface area contributed by atoms with Gasteiger partial charge in [-0.3, -0.25) is 4.79 Å². The Morgan fingerprint density at radius 1 is 1.00 bits per heavy atom. The fraction of sp³-hybridized carbons (Fsp3) is 0.579. The summed E-state index contributed by atoms with van der Waals surface area (Å²) >= 11 is 0. The van der Waals surface area contributed by atoms with Gasteiger partial charge in [-0.05, 0) is 31.5 Å². The summed E-state index contributed by atoms with van der Waals surface area (Å²) in [6.45, 7) is 0.786. The maximum atomic E-state index is 11.1. The second-order valence-corrected chi connectivity index (χ2v) is 6.36. The first kappa shape index (κ1) is 18.5. The normalized spacial score (nSPS) is 11.2. The number of carbonyl (C=O) groups is 1. The molecule has 0 aliphatic rings. The summed E-state index contributed by atoms with van der Waals surface area (Å²) in [5.74, 6) is 0.0680. The van der Waals surface area contributed by atoms with Crippen molar-refractivity contribution >= 4 is 17.0 Å². The van der Waals surface area contributed by atoms with Crippen LogP contribution in [0.2, 0.25) is 0 Å². The van der Waals surface area contributed by atoms with Crippen molar-refractivity contribution in [2.75, 3.05) is 6.54 Å². The predicted octanol–water partition coefficient (Wildman–Crippen LogP) is 3.74. The zero-order valence-electron chi connectivity index (χ0n) is 14.4. The number of carboxylic acids is 1. The van der Waals surface area contributed by atoms with Gasteiger partial charge in [-0.1, -0.05) is 50.7 Å². The van der Waals surface area contributed by atoms with Crippen LogP contribution in [-0.2, 0) is 17.8 Å². The lowest BCUT2D eigenvalue weighted by Gasteiger charge is -2.06. The van der Waals surface area contributed by atoms with Gasteiger partial charge >= 0.3 is 5.97 Å². The van der Waals surface area contributed by atoms with E-state index in [0.29, 0.717) is 0 Å². The van der Waals surface area contributed by atoms with Crippen LogP contribution in [-0.4, -0.2) is 27.2 Å². The molecule has 0 aliphatic carbocycles. The molecule has 0 aliphatic heterocycles. The topological polar surface area (TPSA) is 81.1 Å². The number of aromatic nitrogens is 2. The minimum absolute atomic E-state index is 0.0169. The highest BCUT2D eigenvalue weighted by molar-refractivity contribution is 5.78. The lowest BCUT2D eigenvalue weighted by molar-refractivity contribution is -0.137. The molecule has 0 saturated heterocycles. The molecule has 2 rings (SSSR count). The van der Waals surface area contributed by atoms with E-state index in [9.17, 15) is 4.79 Å². The van der Waals surface area contributed by atoms with Gasteiger partial charge in [-0.25, -0.2) is 4.98 Å². The first-order chi connectivity index (χ1) is 11.7. The van der Waals surface area contributed by atoms with Crippen molar-refractivity contribution in [3.05, 3.63) is 30.1 Å². The van der Waals surface area contributed by atoms with Crippen molar-refractivity contribution in [3.63, 3.8) is 0 Å². The summed E-state index contributed by atoms with van der Waals surface area (Å²) in [6.07, 6.45) is 10.5. The third kappa shape index (κ3) is 5.64. The Labute approximate surface area is 143 Å². The number of nitrogens with zero attached hydrogens (tertiary/aromatic N) is 2. The SMILES string of the molecule is NCCCCCCCCCCc1nc2ccccc2n1CC(=O)O. The minimum Gasteiger partial charge on any atom is -0.480 e. The van der Waals surface area contributed by atoms with E-state index < -0.39 is 5.97 Å². The Morgan fingerprint density at radius 3 is 2.29 bits per heavy atom. The lowest BCUT2D eigenvalue weighted by atomic mass is 10.1. The summed E-state index contributed by atoms with van der Waals surface area (Å²) in [4.78, 5) is 15.8. The highest BCUT2D eigenvalue weighted by atomic mass is 16.4. The zero-order chi connectivity index (χ0) is 17.2. The molecule has 1 aromatic heterocycles. The molecule has 0 amide bonds. The van der Waals surface area contributed by atoms with Crippen LogP contribution in [0.25, 0.3) is 11.0 Å². The number of benzene rings is 1. The molecule has 24 heavy (non-hydrogen) atoms. The molecule has 0 unspecified atom stereocenters. The van der Waals surface area contributed by atoms with E-state index in [2.05, 4.69) is 4.98 Å². The number of unbranched alkanes of at least 4 members (excludes halogenated alkanes) is 7. The standard InChI is InChI=1S/C19H29N3O2/c20-14-10-6-4-2-1-3-5-7-13-18-21-16-11-8-9-12-17(16)22(18)15-19(23)24/h8-9,11-12H,1-7,10,13-15,20H2,(H,23,24). The van der Waals surface area contributed by atoms with E-state index in [1.807, 2.05) is 28.8 Å². The minimum atomic E-state index is -0.822. The maximum absolute atomic E-state index is 11.1. The maximum Gasteiger partial charge on any atom is 0.323 e. The largest absolute Gasteiger partial charge is 0.480 e. The zero-order valence-corrected chi connectivity index (χ0v) is 14.4. The third-order valence-corrected chi connectivity index (χ3v) is 4.38. The second-order valence-electron chi connectivity index (χ2n) is 6.36. The molecule has 132 valence electrons. The number of aryl methyl sites for hydroxylation is 1. The van der Waals surface area contributed by atoms with Crippen LogP contribution in [0.3, 0.4) is 0 Å². The number of fused-ring (bicyclic) bond motifs is 1. The van der Waals surface area contributed by atoms with Gasteiger partial charge in [0.2, 0.25) is 0 Å². The molecular weight excluding hydrogens is 302 g/mol. The number of hydrogen-bond acceptors (Lipinski definition) is 3. The summed E-state index contributed by atoms with van der Waals surface area (Å²) in [7, 11) is 0. The summed E-state index contributed by atoms with van der Waals surface area (Å²) in [5, 5.41) is 9.14. The quantitative estimate of drug-likeness (QED) is 0.580. The van der Waals surface area contributed by atoms with E-state index in [4.69, 9.17) is 10.8 Å². The molecule has 0 radical (unpaired) electrons. The molecule has 2 aromatic rings. The van der Waals surface area contributed by atoms with E-state index in [1.54, 1.807) is 0 Å². The Kier molecular flexibility index (Phi) is 7.75. The van der Waals surface area contributed by atoms with Gasteiger partial charge in [0.25, 0.3) is 0 Å². The molecule has 0 bridgehead atoms. The lowest BCUT2D eigenvalue weighted by Crippen LogP contribution is -2.12. The van der Waals surface area contributed by atoms with Crippen LogP contribution in [0.5, 0.6) is 0 Å². The van der Waals surface area contributed by atoms with Gasteiger partial charge in [0.1, 0.15) is 12.4 Å². The van der Waals surface area contributed by atoms with Crippen molar-refractivity contribution in [3.8, 4) is 0 Å². The smallest absolute Gasteiger partial charge is 0.323 e. The number of rotatable bonds is 12. The van der Waals surface area contributed by atoms with E-state index in [0.717, 1.165) is 42.7 Å². The predicted molar refractivity (Wildman–Crippen MR) is 97.1 cm³/mol. The Morgan fingerprint density at radius 2 is 1.62 bits per heavy atom. The van der Waals surface area contributed by atoms with Gasteiger partial charge in [-0.2, -0.15) is 0 Å². The number of imidazole rings is 1. The highest BCUT2D eigenvalue weighted by Crippen LogP contribution is 2.18. The molecule has 0 atom stereocenters. The summed E-state index contributed by atoms with van der Waals surface area (Å²) < 4.78 is 1.84. The average molecular weight is 331 g/mol. The van der Waals surface area contributed by atoms with Crippen molar-refractivity contribution < 1.29 is 9.90 Å². The van der Waals surface area contributed by atoms with E-state index in [1.165, 1.54) is 38.5 Å². The van der Waals surface area contributed by atoms with Crippen molar-refractivity contribution in [2.24, 2.45) is 5.73 Å². The van der Waals surface area contributed by atoms with Crippen LogP contribution < -0.4 is 5.73 Å². The third-order valence-electron chi connectivity index (χ3n) is 4.38. The number of aliphatic carboxylic acids is 1. The van der Waals surface area contributed by atoms with Gasteiger partial charge < -0.3 is 15.4 Å². The first-order valence-electron chi connectivity index (χ1n) is 9.08. The van der Waals surface area contributed by atoms with Gasteiger partial charge in [0.05, 0.1) is 11.0 Å². The number of carboxylic acid groups (broad SMARTS) is 1. The first-order valence-corrected chi connectivity index (χ1v) is 9.08. The molecular formula is C19H29N3O2. The number of nitrogens with two attached hydrogens (primary N) is 1. The number of hydrogen-bond donors (Lipinski definition) is 2. The molecule has 0 spiro atoms. The van der Waals surface area contributed by atoms with E-state index >= 15 is 0 Å². The molecule has 0 saturated carbocycles. The molecule has 5 nitrogen and oxygen atoms in total. The van der Waals surface area contributed by atoms with Crippen molar-refractivity contribution in [2.45, 2.75) is 64.3 Å². The Balaban J connectivity index is 1.79. The van der Waals surface area contributed by atoms with Crippen LogP contribution in [0.4, 0.5) is 0 Å². The van der Waals surface area contributed by atoms with Gasteiger partial charge in [0, 0.05) is 6.42 Å². The van der Waals surface area contributed by atoms with Gasteiger partial charge in [0.15, 0.2) is 0 Å². The van der Waals surface area contributed by atoms with Crippen molar-refractivity contribution in [1.82, 2.24) is 9.55 Å². The monoisotopic (exact) mass is 331 g/mol. The average Bonchev–Trinajstić information content (AvgIpc) is 2.91.